The lowest BCUT2D eigenvalue weighted by molar-refractivity contribution is 1.05. The van der Waals surface area contributed by atoms with Gasteiger partial charge in [0.1, 0.15) is 0 Å². The van der Waals surface area contributed by atoms with Gasteiger partial charge in [-0.3, -0.25) is 4.98 Å². The van der Waals surface area contributed by atoms with Crippen LogP contribution in [-0.4, -0.2) is 15.2 Å². The van der Waals surface area contributed by atoms with Gasteiger partial charge in [-0.05, 0) is 12.1 Å². The molecule has 0 saturated heterocycles. The number of halogens is 3. The van der Waals surface area contributed by atoms with Gasteiger partial charge in [-0.15, -0.1) is 0 Å². The van der Waals surface area contributed by atoms with Crippen molar-refractivity contribution in [3.63, 3.8) is 0 Å². The number of aromatic nitrogens is 3. The Morgan fingerprint density at radius 3 is 2.33 bits per heavy atom. The molecule has 0 aliphatic rings. The molecule has 0 bridgehead atoms. The van der Waals surface area contributed by atoms with Crippen molar-refractivity contribution >= 4 is 34.8 Å². The second-order valence-corrected chi connectivity index (χ2v) is 3.99. The molecule has 0 saturated carbocycles. The van der Waals surface area contributed by atoms with Crippen LogP contribution >= 0.6 is 34.8 Å². The zero-order valence-electron chi connectivity index (χ0n) is 7.14. The van der Waals surface area contributed by atoms with E-state index in [-0.39, 0.29) is 0 Å². The van der Waals surface area contributed by atoms with Crippen LogP contribution < -0.4 is 5.69 Å². The largest absolute Gasteiger partial charge is 0.340 e. The van der Waals surface area contributed by atoms with Crippen LogP contribution in [0.2, 0.25) is 15.1 Å². The first kappa shape index (κ1) is 10.5. The van der Waals surface area contributed by atoms with Gasteiger partial charge < -0.3 is 0 Å². The summed E-state index contributed by atoms with van der Waals surface area (Å²) in [6.07, 6.45) is 0. The Morgan fingerprint density at radius 2 is 1.73 bits per heavy atom. The summed E-state index contributed by atoms with van der Waals surface area (Å²) >= 11 is 17.5. The van der Waals surface area contributed by atoms with Crippen LogP contribution in [0.1, 0.15) is 0 Å². The minimum atomic E-state index is -0.410. The van der Waals surface area contributed by atoms with Crippen molar-refractivity contribution in [2.75, 3.05) is 0 Å². The highest BCUT2D eigenvalue weighted by Gasteiger charge is 2.10. The van der Waals surface area contributed by atoms with Crippen molar-refractivity contribution in [1.29, 1.82) is 0 Å². The molecule has 1 aromatic carbocycles. The van der Waals surface area contributed by atoms with Gasteiger partial charge in [0.2, 0.25) is 0 Å². The Morgan fingerprint density at radius 1 is 1.07 bits per heavy atom. The number of aromatic amines is 2. The summed E-state index contributed by atoms with van der Waals surface area (Å²) in [7, 11) is 0. The minimum absolute atomic E-state index is 0.323. The third-order valence-electron chi connectivity index (χ3n) is 1.77. The third kappa shape index (κ3) is 2.02. The first-order valence-electron chi connectivity index (χ1n) is 3.87. The van der Waals surface area contributed by atoms with E-state index in [2.05, 4.69) is 15.2 Å². The standard InChI is InChI=1S/C8H4Cl3N3O/c9-4-2-6(11)5(10)1-3(4)7-12-8(15)14-13-7/h1-2H,(H2,12,13,14,15). The lowest BCUT2D eigenvalue weighted by Crippen LogP contribution is -2.00. The van der Waals surface area contributed by atoms with Crippen LogP contribution in [0.4, 0.5) is 0 Å². The predicted octanol–water partition coefficient (Wildman–Crippen LogP) is 2.73. The van der Waals surface area contributed by atoms with Crippen molar-refractivity contribution < 1.29 is 0 Å². The fourth-order valence-electron chi connectivity index (χ4n) is 1.10. The van der Waals surface area contributed by atoms with Crippen LogP contribution in [0.15, 0.2) is 16.9 Å². The zero-order valence-corrected chi connectivity index (χ0v) is 9.41. The van der Waals surface area contributed by atoms with Crippen molar-refractivity contribution in [3.8, 4) is 11.4 Å². The molecule has 0 atom stereocenters. The molecular weight excluding hydrogens is 260 g/mol. The van der Waals surface area contributed by atoms with Gasteiger partial charge >= 0.3 is 5.69 Å². The molecule has 0 amide bonds. The first-order valence-corrected chi connectivity index (χ1v) is 5.01. The summed E-state index contributed by atoms with van der Waals surface area (Å²) in [4.78, 5) is 13.3. The van der Waals surface area contributed by atoms with Crippen molar-refractivity contribution in [2.45, 2.75) is 0 Å². The number of rotatable bonds is 1. The molecule has 1 heterocycles. The number of hydrogen-bond acceptors (Lipinski definition) is 2. The molecule has 78 valence electrons. The molecule has 2 aromatic rings. The van der Waals surface area contributed by atoms with Gasteiger partial charge in [-0.2, -0.15) is 5.10 Å². The highest BCUT2D eigenvalue weighted by atomic mass is 35.5. The van der Waals surface area contributed by atoms with Crippen LogP contribution in [0, 0.1) is 0 Å². The van der Waals surface area contributed by atoms with Crippen molar-refractivity contribution in [2.24, 2.45) is 0 Å². The van der Waals surface area contributed by atoms with E-state index >= 15 is 0 Å². The number of nitrogens with one attached hydrogen (secondary N) is 2. The van der Waals surface area contributed by atoms with Gasteiger partial charge in [0.15, 0.2) is 5.82 Å². The smallest absolute Gasteiger partial charge is 0.289 e. The molecule has 0 radical (unpaired) electrons. The number of H-pyrrole nitrogens is 2. The second-order valence-electron chi connectivity index (χ2n) is 2.77. The van der Waals surface area contributed by atoms with E-state index in [0.717, 1.165) is 0 Å². The molecule has 1 aromatic heterocycles. The van der Waals surface area contributed by atoms with E-state index in [0.29, 0.717) is 26.5 Å². The monoisotopic (exact) mass is 263 g/mol. The molecule has 2 rings (SSSR count). The molecule has 0 fully saturated rings. The Labute approximate surface area is 99.2 Å². The maximum absolute atomic E-state index is 10.9. The Balaban J connectivity index is 2.63. The average Bonchev–Trinajstić information content (AvgIpc) is 2.58. The van der Waals surface area contributed by atoms with E-state index in [9.17, 15) is 4.79 Å². The fraction of sp³-hybridized carbons (Fsp3) is 0. The SMILES string of the molecule is O=c1[nH]nc(-c2cc(Cl)c(Cl)cc2Cl)[nH]1. The molecule has 2 N–H and O–H groups in total. The minimum Gasteiger partial charge on any atom is -0.289 e. The molecule has 15 heavy (non-hydrogen) atoms. The Bertz CT molecular complexity index is 560. The summed E-state index contributed by atoms with van der Waals surface area (Å²) < 4.78 is 0. The molecule has 7 heteroatoms. The normalized spacial score (nSPS) is 10.6. The summed E-state index contributed by atoms with van der Waals surface area (Å²) in [6, 6.07) is 3.03. The topological polar surface area (TPSA) is 61.5 Å². The zero-order chi connectivity index (χ0) is 11.0. The van der Waals surface area contributed by atoms with Crippen LogP contribution in [0.5, 0.6) is 0 Å². The number of nitrogens with zero attached hydrogens (tertiary/aromatic N) is 1. The average molecular weight is 264 g/mol. The van der Waals surface area contributed by atoms with Gasteiger partial charge in [0.05, 0.1) is 15.1 Å². The van der Waals surface area contributed by atoms with E-state index in [1.807, 2.05) is 0 Å². The van der Waals surface area contributed by atoms with E-state index in [4.69, 9.17) is 34.8 Å². The first-order chi connectivity index (χ1) is 7.08. The van der Waals surface area contributed by atoms with Crippen molar-refractivity contribution in [1.82, 2.24) is 15.2 Å². The Hall–Kier alpha value is -0.970. The highest BCUT2D eigenvalue weighted by Crippen LogP contribution is 2.33. The highest BCUT2D eigenvalue weighted by molar-refractivity contribution is 6.44. The lowest BCUT2D eigenvalue weighted by Gasteiger charge is -2.02. The molecule has 0 aliphatic heterocycles. The van der Waals surface area contributed by atoms with Crippen LogP contribution in [0.25, 0.3) is 11.4 Å². The third-order valence-corrected chi connectivity index (χ3v) is 2.80. The van der Waals surface area contributed by atoms with E-state index in [1.54, 1.807) is 6.07 Å². The van der Waals surface area contributed by atoms with Gasteiger partial charge in [0, 0.05) is 5.56 Å². The summed E-state index contributed by atoms with van der Waals surface area (Å²) in [5, 5.41) is 7.04. The van der Waals surface area contributed by atoms with Crippen molar-refractivity contribution in [3.05, 3.63) is 37.7 Å². The Kier molecular flexibility index (Phi) is 2.73. The van der Waals surface area contributed by atoms with Crippen LogP contribution in [-0.2, 0) is 0 Å². The molecule has 0 aliphatic carbocycles. The predicted molar refractivity (Wildman–Crippen MR) is 59.7 cm³/mol. The van der Waals surface area contributed by atoms with Gasteiger partial charge in [-0.1, -0.05) is 34.8 Å². The van der Waals surface area contributed by atoms with E-state index in [1.165, 1.54) is 6.07 Å². The molecular formula is C8H4Cl3N3O. The molecule has 0 spiro atoms. The van der Waals surface area contributed by atoms with Crippen LogP contribution in [0.3, 0.4) is 0 Å². The fourth-order valence-corrected chi connectivity index (χ4v) is 1.74. The van der Waals surface area contributed by atoms with E-state index < -0.39 is 5.69 Å². The summed E-state index contributed by atoms with van der Waals surface area (Å²) in [6.45, 7) is 0. The second kappa shape index (κ2) is 3.89. The summed E-state index contributed by atoms with van der Waals surface area (Å²) in [5.41, 5.74) is 0.108. The summed E-state index contributed by atoms with van der Waals surface area (Å²) in [5.74, 6) is 0.323. The van der Waals surface area contributed by atoms with Gasteiger partial charge in [-0.25, -0.2) is 9.89 Å². The molecule has 0 unspecified atom stereocenters. The quantitative estimate of drug-likeness (QED) is 0.778. The number of hydrogen-bond donors (Lipinski definition) is 2. The number of benzene rings is 1. The molecule has 4 nitrogen and oxygen atoms in total. The maximum Gasteiger partial charge on any atom is 0.340 e. The van der Waals surface area contributed by atoms with Gasteiger partial charge in [0.25, 0.3) is 0 Å². The lowest BCUT2D eigenvalue weighted by atomic mass is 10.2. The maximum atomic E-state index is 10.9.